The highest BCUT2D eigenvalue weighted by Gasteiger charge is 2.51. The second kappa shape index (κ2) is 23.1. The molecule has 0 saturated carbocycles. The second-order valence-corrected chi connectivity index (χ2v) is 14.4. The number of nitrogens with one attached hydrogen (secondary N) is 6. The molecule has 0 spiro atoms. The number of likely N-dealkylation sites (N-methyl/N-ethyl adjacent to an activating group) is 1. The maximum Gasteiger partial charge on any atom is 0.408 e. The van der Waals surface area contributed by atoms with Crippen molar-refractivity contribution in [1.82, 2.24) is 37.0 Å². The molecule has 2 aromatic carbocycles. The average molecular weight is 842 g/mol. The Hall–Kier alpha value is -6.61. The molecule has 1 aliphatic heterocycles. The Balaban J connectivity index is 1.63. The number of aliphatic hydroxyl groups excluding tert-OH is 1. The first-order chi connectivity index (χ1) is 28.4. The topological polar surface area (TPSA) is 312 Å². The lowest BCUT2D eigenvalue weighted by Gasteiger charge is -2.27. The van der Waals surface area contributed by atoms with Gasteiger partial charge in [-0.05, 0) is 36.8 Å². The lowest BCUT2D eigenvalue weighted by molar-refractivity contribution is -0.142. The van der Waals surface area contributed by atoms with Crippen LogP contribution in [0.2, 0.25) is 0 Å². The van der Waals surface area contributed by atoms with Gasteiger partial charge in [-0.25, -0.2) is 4.79 Å². The van der Waals surface area contributed by atoms with Gasteiger partial charge in [0.05, 0.1) is 12.5 Å². The van der Waals surface area contributed by atoms with Gasteiger partial charge in [-0.2, -0.15) is 0 Å². The fourth-order valence-electron chi connectivity index (χ4n) is 5.66. The Morgan fingerprint density at radius 2 is 1.28 bits per heavy atom. The lowest BCUT2D eigenvalue weighted by atomic mass is 10.0. The summed E-state index contributed by atoms with van der Waals surface area (Å²) in [4.78, 5) is 116. The minimum Gasteiger partial charge on any atom is -0.481 e. The molecule has 0 aliphatic carbocycles. The van der Waals surface area contributed by atoms with Crippen molar-refractivity contribution in [1.29, 1.82) is 0 Å². The third-order valence-corrected chi connectivity index (χ3v) is 8.82. The number of nitrogens with zero attached hydrogens (tertiary/aromatic N) is 1. The molecule has 7 amide bonds. The van der Waals surface area contributed by atoms with Crippen LogP contribution in [-0.4, -0.2) is 123 Å². The molecular formula is C39H51N7O14. The van der Waals surface area contributed by atoms with E-state index >= 15 is 0 Å². The van der Waals surface area contributed by atoms with Crippen LogP contribution in [0.3, 0.4) is 0 Å². The smallest absolute Gasteiger partial charge is 0.408 e. The highest BCUT2D eigenvalue weighted by Crippen LogP contribution is 2.24. The molecule has 3 rings (SSSR count). The molecule has 2 unspecified atom stereocenters. The number of benzene rings is 2. The summed E-state index contributed by atoms with van der Waals surface area (Å²) >= 11 is 0. The van der Waals surface area contributed by atoms with Crippen LogP contribution in [0.4, 0.5) is 4.79 Å². The monoisotopic (exact) mass is 841 g/mol. The van der Waals surface area contributed by atoms with Crippen molar-refractivity contribution in [2.75, 3.05) is 7.05 Å². The van der Waals surface area contributed by atoms with Crippen molar-refractivity contribution < 1.29 is 67.9 Å². The molecule has 0 bridgehead atoms. The van der Waals surface area contributed by atoms with Crippen molar-refractivity contribution >= 4 is 53.5 Å². The number of ether oxygens (including phenoxy) is 2. The molecule has 0 aromatic heterocycles. The Bertz CT molecular complexity index is 1850. The summed E-state index contributed by atoms with van der Waals surface area (Å²) in [6, 6.07) is 11.0. The Labute approximate surface area is 344 Å². The van der Waals surface area contributed by atoms with Gasteiger partial charge in [0.2, 0.25) is 17.7 Å². The number of carboxylic acids is 2. The molecule has 326 valence electrons. The van der Waals surface area contributed by atoms with Crippen LogP contribution in [0, 0.1) is 5.92 Å². The summed E-state index contributed by atoms with van der Waals surface area (Å²) in [5, 5.41) is 38.3. The number of carbonyl (C=O) groups excluding carboxylic acids is 7. The van der Waals surface area contributed by atoms with Crippen LogP contribution < -0.4 is 32.1 Å². The minimum atomic E-state index is -1.89. The third kappa shape index (κ3) is 16.0. The van der Waals surface area contributed by atoms with Crippen molar-refractivity contribution in [2.24, 2.45) is 5.92 Å². The van der Waals surface area contributed by atoms with Crippen molar-refractivity contribution in [3.63, 3.8) is 0 Å². The van der Waals surface area contributed by atoms with Crippen molar-refractivity contribution in [3.8, 4) is 0 Å². The van der Waals surface area contributed by atoms with E-state index in [1.165, 1.54) is 11.9 Å². The van der Waals surface area contributed by atoms with E-state index in [0.717, 1.165) is 12.5 Å². The summed E-state index contributed by atoms with van der Waals surface area (Å²) in [6.45, 7) is 4.73. The van der Waals surface area contributed by atoms with Gasteiger partial charge in [-0.3, -0.25) is 49.2 Å². The summed E-state index contributed by atoms with van der Waals surface area (Å²) in [7, 11) is 1.51. The molecular weight excluding hydrogens is 790 g/mol. The zero-order valence-corrected chi connectivity index (χ0v) is 33.4. The zero-order chi connectivity index (χ0) is 44.5. The van der Waals surface area contributed by atoms with E-state index in [4.69, 9.17) is 9.47 Å². The summed E-state index contributed by atoms with van der Waals surface area (Å²) in [5.41, 5.74) is 5.48. The van der Waals surface area contributed by atoms with Gasteiger partial charge in [0.25, 0.3) is 17.7 Å². The number of carbonyl (C=O) groups is 9. The number of amides is 7. The molecule has 7 atom stereocenters. The first kappa shape index (κ1) is 47.8. The normalized spacial score (nSPS) is 16.6. The fourth-order valence-corrected chi connectivity index (χ4v) is 5.66. The van der Waals surface area contributed by atoms with Crippen LogP contribution in [0.1, 0.15) is 57.6 Å². The largest absolute Gasteiger partial charge is 0.481 e. The number of hydrazine groups is 1. The first-order valence-electron chi connectivity index (χ1n) is 18.9. The van der Waals surface area contributed by atoms with E-state index in [-0.39, 0.29) is 25.5 Å². The SMILES string of the molecule is CC(C)C[C@H](NC(=O)OCc1ccccc1)C(=O)N[C@@H](CCC(=O)O)C(=O)N[C@H](C(=O)N[C@@H](CC(=O)O)C(=O)NNC(=O)C1OC1C(=O)N(C)Cc1ccccc1)[C@@H](C)O. The molecule has 0 radical (unpaired) electrons. The van der Waals surface area contributed by atoms with E-state index in [9.17, 15) is 58.5 Å². The van der Waals surface area contributed by atoms with Crippen molar-refractivity contribution in [3.05, 3.63) is 71.8 Å². The van der Waals surface area contributed by atoms with E-state index in [0.29, 0.717) is 5.56 Å². The predicted molar refractivity (Wildman–Crippen MR) is 207 cm³/mol. The second-order valence-electron chi connectivity index (χ2n) is 14.4. The highest BCUT2D eigenvalue weighted by molar-refractivity contribution is 5.98. The molecule has 60 heavy (non-hydrogen) atoms. The van der Waals surface area contributed by atoms with Crippen LogP contribution in [0.15, 0.2) is 60.7 Å². The summed E-state index contributed by atoms with van der Waals surface area (Å²) in [6.07, 6.45) is -7.17. The number of epoxide rings is 1. The summed E-state index contributed by atoms with van der Waals surface area (Å²) in [5.74, 6) is -9.07. The highest BCUT2D eigenvalue weighted by atomic mass is 16.6. The first-order valence-corrected chi connectivity index (χ1v) is 18.9. The van der Waals surface area contributed by atoms with Gasteiger partial charge in [-0.15, -0.1) is 0 Å². The molecule has 1 fully saturated rings. The fraction of sp³-hybridized carbons (Fsp3) is 0.462. The van der Waals surface area contributed by atoms with Gasteiger partial charge in [-0.1, -0.05) is 74.5 Å². The van der Waals surface area contributed by atoms with E-state index in [2.05, 4.69) is 21.3 Å². The van der Waals surface area contributed by atoms with Gasteiger partial charge < -0.3 is 51.0 Å². The standard InChI is InChI=1S/C39H51N7O14/c1-21(2)17-26(42-39(58)59-20-24-13-9-6-10-14-24)34(53)40-25(15-16-28(48)49)33(52)43-30(22(3)47)36(55)41-27(18-29(50)51)35(54)44-45-37(56)31-32(60-31)38(57)46(4)19-23-11-7-5-8-12-23/h5-14,21-22,25-27,30-32,47H,15-20H2,1-4H3,(H,40,53)(H,41,55)(H,42,58)(H,43,52)(H,44,54)(H,45,56)(H,48,49)(H,50,51)/t22-,25+,26+,27+,30+,31?,32?/m1/s1. The third-order valence-electron chi connectivity index (χ3n) is 8.82. The lowest BCUT2D eigenvalue weighted by Crippen LogP contribution is -2.61. The van der Waals surface area contributed by atoms with Crippen LogP contribution in [0.25, 0.3) is 0 Å². The van der Waals surface area contributed by atoms with E-state index in [1.54, 1.807) is 68.4 Å². The van der Waals surface area contributed by atoms with Crippen LogP contribution in [0.5, 0.6) is 0 Å². The van der Waals surface area contributed by atoms with Crippen LogP contribution in [-0.2, 0) is 61.0 Å². The van der Waals surface area contributed by atoms with E-state index in [1.807, 2.05) is 16.9 Å². The average Bonchev–Trinajstić information content (AvgIpc) is 4.00. The molecule has 2 aromatic rings. The van der Waals surface area contributed by atoms with Gasteiger partial charge in [0.1, 0.15) is 30.8 Å². The minimum absolute atomic E-state index is 0.0736. The van der Waals surface area contributed by atoms with Crippen LogP contribution >= 0.6 is 0 Å². The molecule has 21 nitrogen and oxygen atoms in total. The number of aliphatic carboxylic acids is 2. The van der Waals surface area contributed by atoms with Crippen molar-refractivity contribution in [2.45, 2.75) is 102 Å². The Morgan fingerprint density at radius 1 is 0.700 bits per heavy atom. The Morgan fingerprint density at radius 3 is 1.85 bits per heavy atom. The number of alkyl carbamates (subject to hydrolysis) is 1. The zero-order valence-electron chi connectivity index (χ0n) is 33.4. The van der Waals surface area contributed by atoms with Gasteiger partial charge >= 0.3 is 18.0 Å². The number of hydrogen-bond acceptors (Lipinski definition) is 12. The Kier molecular flexibility index (Phi) is 18.4. The van der Waals surface area contributed by atoms with Gasteiger partial charge in [0.15, 0.2) is 12.2 Å². The van der Waals surface area contributed by atoms with E-state index < -0.39 is 115 Å². The molecule has 9 N–H and O–H groups in total. The summed E-state index contributed by atoms with van der Waals surface area (Å²) < 4.78 is 10.4. The number of carboxylic acid groups (broad SMARTS) is 2. The number of hydrogen-bond donors (Lipinski definition) is 9. The maximum absolute atomic E-state index is 13.5. The predicted octanol–water partition coefficient (Wildman–Crippen LogP) is -0.924. The number of rotatable bonds is 22. The maximum atomic E-state index is 13.5. The number of aliphatic hydroxyl groups is 1. The molecule has 1 saturated heterocycles. The molecule has 1 heterocycles. The molecule has 1 aliphatic rings. The molecule has 21 heteroatoms. The van der Waals surface area contributed by atoms with Gasteiger partial charge in [0, 0.05) is 20.0 Å². The quantitative estimate of drug-likeness (QED) is 0.0512.